The van der Waals surface area contributed by atoms with Crippen LogP contribution in [0.4, 0.5) is 20.3 Å². The van der Waals surface area contributed by atoms with E-state index in [2.05, 4.69) is 45.3 Å². The molecule has 0 bridgehead atoms. The maximum Gasteiger partial charge on any atom is 0.280 e. The molecule has 4 unspecified atom stereocenters. The Kier molecular flexibility index (Phi) is 7.41. The quantitative estimate of drug-likeness (QED) is 0.500. The van der Waals surface area contributed by atoms with Gasteiger partial charge >= 0.3 is 0 Å². The Labute approximate surface area is 263 Å². The van der Waals surface area contributed by atoms with Gasteiger partial charge in [-0.2, -0.15) is 0 Å². The fraction of sp³-hybridized carbons (Fsp3) is 0.647. The molecule has 1 N–H and O–H groups in total. The Morgan fingerprint density at radius 1 is 1.09 bits per heavy atom. The lowest BCUT2D eigenvalue weighted by Crippen LogP contribution is -2.69. The number of aromatic nitrogens is 2. The van der Waals surface area contributed by atoms with Gasteiger partial charge in [0.25, 0.3) is 6.43 Å². The van der Waals surface area contributed by atoms with Crippen LogP contribution in [0.5, 0.6) is 0 Å². The average molecular weight is 623 g/mol. The lowest BCUT2D eigenvalue weighted by Gasteiger charge is -2.55. The summed E-state index contributed by atoms with van der Waals surface area (Å²) in [5.74, 6) is 0.648. The van der Waals surface area contributed by atoms with E-state index in [-0.39, 0.29) is 5.69 Å². The van der Waals surface area contributed by atoms with Crippen LogP contribution in [-0.2, 0) is 27.1 Å². The van der Waals surface area contributed by atoms with Crippen LogP contribution < -0.4 is 9.80 Å². The zero-order valence-corrected chi connectivity index (χ0v) is 26.1. The van der Waals surface area contributed by atoms with Crippen LogP contribution >= 0.6 is 0 Å². The zero-order chi connectivity index (χ0) is 30.9. The Morgan fingerprint density at radius 3 is 2.60 bits per heavy atom. The second kappa shape index (κ2) is 11.2. The third-order valence-electron chi connectivity index (χ3n) is 11.5. The molecule has 45 heavy (non-hydrogen) atoms. The number of anilines is 2. The highest BCUT2D eigenvalue weighted by Gasteiger charge is 2.57. The van der Waals surface area contributed by atoms with Crippen molar-refractivity contribution in [3.63, 3.8) is 0 Å². The number of halogens is 2. The van der Waals surface area contributed by atoms with Gasteiger partial charge < -0.3 is 24.4 Å². The van der Waals surface area contributed by atoms with Crippen LogP contribution in [0.2, 0.25) is 0 Å². The molecule has 11 heteroatoms. The molecule has 242 valence electrons. The molecule has 2 aromatic rings. The molecular formula is C34H44F2N6O3. The molecule has 0 aromatic carbocycles. The zero-order valence-electron chi connectivity index (χ0n) is 26.1. The SMILES string of the molecule is C=CC(O)N1CCN(C2CN3c4cc(N5CCC6(CC5)OC5(CCOC5)c5nccc(C)c56)nc(C(F)F)c4CCCC23)CC1. The Morgan fingerprint density at radius 2 is 1.89 bits per heavy atom. The summed E-state index contributed by atoms with van der Waals surface area (Å²) in [4.78, 5) is 18.6. The van der Waals surface area contributed by atoms with E-state index in [0.717, 1.165) is 81.8 Å². The smallest absolute Gasteiger partial charge is 0.280 e. The summed E-state index contributed by atoms with van der Waals surface area (Å²) in [7, 11) is 0. The van der Waals surface area contributed by atoms with E-state index in [0.29, 0.717) is 50.6 Å². The molecule has 2 spiro atoms. The number of hydrogen-bond donors (Lipinski definition) is 1. The number of nitrogens with zero attached hydrogens (tertiary/aromatic N) is 6. The van der Waals surface area contributed by atoms with Crippen molar-refractivity contribution in [1.82, 2.24) is 19.8 Å². The Hall–Kier alpha value is -2.70. The fourth-order valence-electron chi connectivity index (χ4n) is 9.12. The van der Waals surface area contributed by atoms with Crippen LogP contribution in [0.25, 0.3) is 0 Å². The topological polar surface area (TPSA) is 77.4 Å². The van der Waals surface area contributed by atoms with Gasteiger partial charge in [0, 0.05) is 100 Å². The number of piperazine rings is 1. The van der Waals surface area contributed by atoms with E-state index in [1.54, 1.807) is 6.08 Å². The predicted octanol–water partition coefficient (Wildman–Crippen LogP) is 3.88. The van der Waals surface area contributed by atoms with Gasteiger partial charge in [-0.3, -0.25) is 14.8 Å². The van der Waals surface area contributed by atoms with Gasteiger partial charge in [-0.15, -0.1) is 0 Å². The van der Waals surface area contributed by atoms with Gasteiger partial charge in [0.2, 0.25) is 0 Å². The number of hydrogen-bond acceptors (Lipinski definition) is 9. The Bertz CT molecular complexity index is 1450. The van der Waals surface area contributed by atoms with Gasteiger partial charge in [0.15, 0.2) is 0 Å². The lowest BCUT2D eigenvalue weighted by molar-refractivity contribution is -0.154. The van der Waals surface area contributed by atoms with Crippen LogP contribution in [-0.4, -0.2) is 102 Å². The van der Waals surface area contributed by atoms with Crippen LogP contribution in [0.1, 0.15) is 66.6 Å². The number of pyridine rings is 2. The minimum atomic E-state index is -2.62. The summed E-state index contributed by atoms with van der Waals surface area (Å²) in [6.07, 6.45) is 5.02. The molecule has 2 aromatic heterocycles. The van der Waals surface area contributed by atoms with Crippen molar-refractivity contribution < 1.29 is 23.4 Å². The first-order valence-corrected chi connectivity index (χ1v) is 16.7. The summed E-state index contributed by atoms with van der Waals surface area (Å²) in [5.41, 5.74) is 4.09. The van der Waals surface area contributed by atoms with E-state index in [1.165, 1.54) is 11.1 Å². The first-order valence-electron chi connectivity index (χ1n) is 16.7. The van der Waals surface area contributed by atoms with E-state index in [4.69, 9.17) is 14.5 Å². The number of alkyl halides is 2. The molecule has 8 rings (SSSR count). The molecule has 0 aliphatic carbocycles. The van der Waals surface area contributed by atoms with Crippen molar-refractivity contribution in [2.45, 2.75) is 81.4 Å². The molecular weight excluding hydrogens is 578 g/mol. The third-order valence-corrected chi connectivity index (χ3v) is 11.5. The molecule has 4 atom stereocenters. The maximum atomic E-state index is 14.6. The lowest BCUT2D eigenvalue weighted by atomic mass is 9.81. The predicted molar refractivity (Wildman–Crippen MR) is 167 cm³/mol. The van der Waals surface area contributed by atoms with E-state index in [1.807, 2.05) is 11.1 Å². The normalized spacial score (nSPS) is 30.2. The second-order valence-electron chi connectivity index (χ2n) is 13.8. The summed E-state index contributed by atoms with van der Waals surface area (Å²) >= 11 is 0. The maximum absolute atomic E-state index is 14.6. The molecule has 9 nitrogen and oxygen atoms in total. The summed E-state index contributed by atoms with van der Waals surface area (Å²) in [6, 6.07) is 4.85. The number of aliphatic hydroxyl groups is 1. The molecule has 0 amide bonds. The van der Waals surface area contributed by atoms with Crippen molar-refractivity contribution in [2.24, 2.45) is 0 Å². The van der Waals surface area contributed by atoms with Crippen molar-refractivity contribution in [3.05, 3.63) is 59.1 Å². The van der Waals surface area contributed by atoms with Crippen LogP contribution in [0.15, 0.2) is 31.0 Å². The molecule has 4 fully saturated rings. The highest BCUT2D eigenvalue weighted by Crippen LogP contribution is 2.55. The fourth-order valence-corrected chi connectivity index (χ4v) is 9.12. The van der Waals surface area contributed by atoms with Gasteiger partial charge in [-0.1, -0.05) is 6.58 Å². The first kappa shape index (κ1) is 29.7. The largest absolute Gasteiger partial charge is 0.378 e. The molecule has 8 heterocycles. The van der Waals surface area contributed by atoms with E-state index >= 15 is 0 Å². The summed E-state index contributed by atoms with van der Waals surface area (Å²) < 4.78 is 42.0. The number of fused-ring (bicyclic) bond motifs is 6. The van der Waals surface area contributed by atoms with Crippen molar-refractivity contribution in [1.29, 1.82) is 0 Å². The Balaban J connectivity index is 1.03. The van der Waals surface area contributed by atoms with E-state index in [9.17, 15) is 13.9 Å². The molecule has 0 radical (unpaired) electrons. The standard InChI is InChI=1S/C34H44F2N6O3/c1-3-28(43)41-16-14-39(15-17-41)26-20-42-24(26)6-4-5-23-25(42)19-27(38-30(23)32(35)36)40-12-8-33(9-13-40)29-22(2)7-11-37-31(29)34(45-33)10-18-44-21-34/h3,7,11,19,24,26,28,32,43H,1,4-6,8-10,12-18,20-21H2,2H3. The molecule has 6 aliphatic rings. The average Bonchev–Trinajstić information content (AvgIpc) is 3.58. The minimum Gasteiger partial charge on any atom is -0.378 e. The van der Waals surface area contributed by atoms with Crippen LogP contribution in [0.3, 0.4) is 0 Å². The second-order valence-corrected chi connectivity index (χ2v) is 13.8. The molecule has 6 aliphatic heterocycles. The number of aryl methyl sites for hydroxylation is 1. The monoisotopic (exact) mass is 622 g/mol. The number of aliphatic hydroxyl groups excluding tert-OH is 1. The highest BCUT2D eigenvalue weighted by atomic mass is 19.3. The number of ether oxygens (including phenoxy) is 2. The highest BCUT2D eigenvalue weighted by molar-refractivity contribution is 5.66. The van der Waals surface area contributed by atoms with Crippen LogP contribution in [0, 0.1) is 6.92 Å². The molecule has 4 saturated heterocycles. The van der Waals surface area contributed by atoms with Crippen molar-refractivity contribution in [3.8, 4) is 0 Å². The minimum absolute atomic E-state index is 0.0523. The summed E-state index contributed by atoms with van der Waals surface area (Å²) in [5, 5.41) is 10.2. The third kappa shape index (κ3) is 4.72. The molecule has 0 saturated carbocycles. The van der Waals surface area contributed by atoms with Crippen molar-refractivity contribution >= 4 is 11.5 Å². The van der Waals surface area contributed by atoms with E-state index < -0.39 is 23.9 Å². The van der Waals surface area contributed by atoms with Gasteiger partial charge in [0.05, 0.1) is 17.9 Å². The first-order chi connectivity index (χ1) is 21.8. The van der Waals surface area contributed by atoms with Gasteiger partial charge in [-0.05, 0) is 56.7 Å². The number of piperidine rings is 1. The summed E-state index contributed by atoms with van der Waals surface area (Å²) in [6.45, 7) is 12.6. The van der Waals surface area contributed by atoms with Gasteiger partial charge in [0.1, 0.15) is 23.3 Å². The van der Waals surface area contributed by atoms with Gasteiger partial charge in [-0.25, -0.2) is 13.8 Å². The van der Waals surface area contributed by atoms with Crippen molar-refractivity contribution in [2.75, 3.05) is 68.8 Å². The number of rotatable bonds is 5.